The van der Waals surface area contributed by atoms with Crippen molar-refractivity contribution in [1.29, 1.82) is 0 Å². The first-order valence-electron chi connectivity index (χ1n) is 6.50. The topological polar surface area (TPSA) is 84.6 Å². The molecule has 19 heavy (non-hydrogen) atoms. The van der Waals surface area contributed by atoms with Crippen LogP contribution in [0.1, 0.15) is 33.6 Å². The molecule has 2 unspecified atom stereocenters. The molecule has 0 aliphatic rings. The lowest BCUT2D eigenvalue weighted by atomic mass is 10.2. The maximum Gasteiger partial charge on any atom is 0.260 e. The van der Waals surface area contributed by atoms with Crippen LogP contribution in [0.5, 0.6) is 11.5 Å². The van der Waals surface area contributed by atoms with Gasteiger partial charge in [0.05, 0.1) is 0 Å². The summed E-state index contributed by atoms with van der Waals surface area (Å²) in [6, 6.07) is 4.82. The van der Waals surface area contributed by atoms with Crippen LogP contribution < -0.4 is 15.8 Å². The Morgan fingerprint density at radius 2 is 2.16 bits per heavy atom. The third-order valence-electron chi connectivity index (χ3n) is 2.83. The SMILES string of the molecule is CCCC(C)NC(=O)C(C)Oc1cccc(O)c1N. The van der Waals surface area contributed by atoms with Crippen LogP contribution in [0.25, 0.3) is 0 Å². The smallest absolute Gasteiger partial charge is 0.260 e. The van der Waals surface area contributed by atoms with Crippen LogP contribution in [-0.4, -0.2) is 23.2 Å². The third-order valence-corrected chi connectivity index (χ3v) is 2.83. The summed E-state index contributed by atoms with van der Waals surface area (Å²) in [5.41, 5.74) is 5.82. The molecule has 0 radical (unpaired) electrons. The molecule has 4 N–H and O–H groups in total. The molecule has 0 bridgehead atoms. The van der Waals surface area contributed by atoms with Crippen molar-refractivity contribution >= 4 is 11.6 Å². The number of nitrogens with one attached hydrogen (secondary N) is 1. The fourth-order valence-electron chi connectivity index (χ4n) is 1.74. The van der Waals surface area contributed by atoms with E-state index in [1.807, 2.05) is 6.92 Å². The van der Waals surface area contributed by atoms with Gasteiger partial charge < -0.3 is 20.9 Å². The van der Waals surface area contributed by atoms with Crippen molar-refractivity contribution in [3.05, 3.63) is 18.2 Å². The molecule has 0 aliphatic heterocycles. The van der Waals surface area contributed by atoms with Gasteiger partial charge in [0.2, 0.25) is 0 Å². The van der Waals surface area contributed by atoms with Crippen LogP contribution in [0.3, 0.4) is 0 Å². The number of nitrogen functional groups attached to an aromatic ring is 1. The number of benzene rings is 1. The number of carbonyl (C=O) groups excluding carboxylic acids is 1. The highest BCUT2D eigenvalue weighted by Gasteiger charge is 2.18. The molecule has 2 atom stereocenters. The highest BCUT2D eigenvalue weighted by molar-refractivity contribution is 5.81. The zero-order valence-corrected chi connectivity index (χ0v) is 11.6. The van der Waals surface area contributed by atoms with Crippen molar-refractivity contribution in [1.82, 2.24) is 5.32 Å². The number of nitrogens with two attached hydrogens (primary N) is 1. The Bertz CT molecular complexity index is 435. The molecule has 0 aromatic heterocycles. The molecule has 0 aliphatic carbocycles. The molecule has 1 amide bonds. The maximum absolute atomic E-state index is 11.9. The fraction of sp³-hybridized carbons (Fsp3) is 0.500. The molecule has 5 heteroatoms. The Kier molecular flexibility index (Phi) is 5.48. The number of hydrogen-bond acceptors (Lipinski definition) is 4. The van der Waals surface area contributed by atoms with E-state index in [2.05, 4.69) is 12.2 Å². The number of amides is 1. The number of anilines is 1. The number of hydrogen-bond donors (Lipinski definition) is 3. The van der Waals surface area contributed by atoms with E-state index in [4.69, 9.17) is 10.5 Å². The number of para-hydroxylation sites is 1. The predicted octanol–water partition coefficient (Wildman–Crippen LogP) is 2.05. The zero-order chi connectivity index (χ0) is 14.4. The van der Waals surface area contributed by atoms with Crippen LogP contribution in [-0.2, 0) is 4.79 Å². The van der Waals surface area contributed by atoms with Gasteiger partial charge in [0, 0.05) is 6.04 Å². The van der Waals surface area contributed by atoms with Crippen molar-refractivity contribution in [2.45, 2.75) is 45.8 Å². The van der Waals surface area contributed by atoms with E-state index in [9.17, 15) is 9.90 Å². The minimum Gasteiger partial charge on any atom is -0.506 e. The fourth-order valence-corrected chi connectivity index (χ4v) is 1.74. The lowest BCUT2D eigenvalue weighted by Crippen LogP contribution is -2.41. The van der Waals surface area contributed by atoms with E-state index in [0.29, 0.717) is 5.75 Å². The van der Waals surface area contributed by atoms with E-state index in [-0.39, 0.29) is 23.4 Å². The number of aromatic hydroxyl groups is 1. The third kappa shape index (κ3) is 4.35. The number of phenolic OH excluding ortho intramolecular Hbond substituents is 1. The van der Waals surface area contributed by atoms with Crippen LogP contribution in [0, 0.1) is 0 Å². The zero-order valence-electron chi connectivity index (χ0n) is 11.6. The Labute approximate surface area is 113 Å². The summed E-state index contributed by atoms with van der Waals surface area (Å²) in [7, 11) is 0. The summed E-state index contributed by atoms with van der Waals surface area (Å²) in [6.07, 6.45) is 1.27. The molecule has 1 rings (SSSR count). The van der Waals surface area contributed by atoms with E-state index in [1.54, 1.807) is 19.1 Å². The highest BCUT2D eigenvalue weighted by atomic mass is 16.5. The summed E-state index contributed by atoms with van der Waals surface area (Å²) >= 11 is 0. The van der Waals surface area contributed by atoms with Gasteiger partial charge in [0.1, 0.15) is 17.2 Å². The molecule has 0 saturated carbocycles. The van der Waals surface area contributed by atoms with Crippen molar-refractivity contribution in [3.63, 3.8) is 0 Å². The molecule has 1 aromatic carbocycles. The second-order valence-electron chi connectivity index (χ2n) is 4.65. The van der Waals surface area contributed by atoms with Gasteiger partial charge >= 0.3 is 0 Å². The predicted molar refractivity (Wildman–Crippen MR) is 75.1 cm³/mol. The first-order valence-corrected chi connectivity index (χ1v) is 6.50. The van der Waals surface area contributed by atoms with Crippen molar-refractivity contribution in [2.75, 3.05) is 5.73 Å². The van der Waals surface area contributed by atoms with E-state index < -0.39 is 6.10 Å². The van der Waals surface area contributed by atoms with E-state index in [1.165, 1.54) is 6.07 Å². The second kappa shape index (κ2) is 6.87. The Balaban J connectivity index is 2.61. The van der Waals surface area contributed by atoms with Gasteiger partial charge in [-0.15, -0.1) is 0 Å². The lowest BCUT2D eigenvalue weighted by molar-refractivity contribution is -0.127. The summed E-state index contributed by atoms with van der Waals surface area (Å²) < 4.78 is 5.47. The van der Waals surface area contributed by atoms with Gasteiger partial charge in [-0.2, -0.15) is 0 Å². The minimum atomic E-state index is -0.664. The van der Waals surface area contributed by atoms with Crippen LogP contribution >= 0.6 is 0 Å². The Morgan fingerprint density at radius 1 is 1.47 bits per heavy atom. The molecular weight excluding hydrogens is 244 g/mol. The van der Waals surface area contributed by atoms with Crippen molar-refractivity contribution in [2.24, 2.45) is 0 Å². The first-order chi connectivity index (χ1) is 8.95. The molecule has 106 valence electrons. The maximum atomic E-state index is 11.9. The number of rotatable bonds is 6. The molecule has 5 nitrogen and oxygen atoms in total. The van der Waals surface area contributed by atoms with Crippen LogP contribution in [0.15, 0.2) is 18.2 Å². The average molecular weight is 266 g/mol. The summed E-state index contributed by atoms with van der Waals surface area (Å²) in [6.45, 7) is 5.67. The van der Waals surface area contributed by atoms with Crippen LogP contribution in [0.2, 0.25) is 0 Å². The largest absolute Gasteiger partial charge is 0.506 e. The summed E-state index contributed by atoms with van der Waals surface area (Å²) in [4.78, 5) is 11.9. The minimum absolute atomic E-state index is 0.0514. The Morgan fingerprint density at radius 3 is 2.79 bits per heavy atom. The summed E-state index contributed by atoms with van der Waals surface area (Å²) in [5, 5.41) is 12.3. The van der Waals surface area contributed by atoms with Crippen LogP contribution in [0.4, 0.5) is 5.69 Å². The average Bonchev–Trinajstić information content (AvgIpc) is 2.35. The highest BCUT2D eigenvalue weighted by Crippen LogP contribution is 2.30. The number of carbonyl (C=O) groups is 1. The molecule has 0 heterocycles. The standard InChI is InChI=1S/C14H22N2O3/c1-4-6-9(2)16-14(18)10(3)19-12-8-5-7-11(17)13(12)15/h5,7-10,17H,4,6,15H2,1-3H3,(H,16,18). The molecule has 0 saturated heterocycles. The number of phenols is 1. The normalized spacial score (nSPS) is 13.6. The van der Waals surface area contributed by atoms with Gasteiger partial charge in [-0.3, -0.25) is 4.79 Å². The molecular formula is C14H22N2O3. The number of ether oxygens (including phenoxy) is 1. The first kappa shape index (κ1) is 15.1. The molecule has 0 fully saturated rings. The van der Waals surface area contributed by atoms with E-state index in [0.717, 1.165) is 12.8 Å². The van der Waals surface area contributed by atoms with Gasteiger partial charge in [-0.25, -0.2) is 0 Å². The van der Waals surface area contributed by atoms with E-state index >= 15 is 0 Å². The monoisotopic (exact) mass is 266 g/mol. The van der Waals surface area contributed by atoms with Gasteiger partial charge in [-0.1, -0.05) is 19.4 Å². The van der Waals surface area contributed by atoms with Gasteiger partial charge in [0.25, 0.3) is 5.91 Å². The molecule has 1 aromatic rings. The van der Waals surface area contributed by atoms with Crippen molar-refractivity contribution in [3.8, 4) is 11.5 Å². The summed E-state index contributed by atoms with van der Waals surface area (Å²) in [5.74, 6) is 0.0685. The quantitative estimate of drug-likeness (QED) is 0.543. The molecule has 0 spiro atoms. The van der Waals surface area contributed by atoms with Gasteiger partial charge in [0.15, 0.2) is 6.10 Å². The Hall–Kier alpha value is -1.91. The second-order valence-corrected chi connectivity index (χ2v) is 4.65. The lowest BCUT2D eigenvalue weighted by Gasteiger charge is -2.19. The van der Waals surface area contributed by atoms with Gasteiger partial charge in [-0.05, 0) is 32.4 Å². The van der Waals surface area contributed by atoms with Crippen molar-refractivity contribution < 1.29 is 14.6 Å².